The molecule has 0 saturated carbocycles. The molecule has 3 rings (SSSR count). The van der Waals surface area contributed by atoms with E-state index in [4.69, 9.17) is 9.47 Å². The number of hydrogen-bond donors (Lipinski definition) is 2. The van der Waals surface area contributed by atoms with Gasteiger partial charge in [-0.2, -0.15) is 0 Å². The van der Waals surface area contributed by atoms with Crippen LogP contribution in [-0.4, -0.2) is 28.0 Å². The van der Waals surface area contributed by atoms with Crippen molar-refractivity contribution in [1.29, 1.82) is 0 Å². The van der Waals surface area contributed by atoms with Crippen molar-refractivity contribution < 1.29 is 22.7 Å². The van der Waals surface area contributed by atoms with Crippen LogP contribution in [0.3, 0.4) is 0 Å². The molecule has 0 aliphatic rings. The zero-order valence-electron chi connectivity index (χ0n) is 15.7. The minimum absolute atomic E-state index is 0.0898. The Morgan fingerprint density at radius 2 is 1.55 bits per heavy atom. The van der Waals surface area contributed by atoms with Crippen LogP contribution in [0.25, 0.3) is 0 Å². The Labute approximate surface area is 169 Å². The lowest BCUT2D eigenvalue weighted by Gasteiger charge is -2.10. The minimum Gasteiger partial charge on any atom is -0.497 e. The molecule has 1 amide bonds. The molecule has 2 N–H and O–H groups in total. The lowest BCUT2D eigenvalue weighted by atomic mass is 10.3. The van der Waals surface area contributed by atoms with E-state index in [0.29, 0.717) is 22.9 Å². The Balaban J connectivity index is 1.57. The highest BCUT2D eigenvalue weighted by atomic mass is 32.2. The average Bonchev–Trinajstić information content (AvgIpc) is 2.73. The molecule has 3 aromatic rings. The molecule has 3 aromatic carbocycles. The molecule has 150 valence electrons. The van der Waals surface area contributed by atoms with Gasteiger partial charge in [-0.1, -0.05) is 24.3 Å². The summed E-state index contributed by atoms with van der Waals surface area (Å²) in [4.78, 5) is 12.2. The Hall–Kier alpha value is -3.52. The highest BCUT2D eigenvalue weighted by Crippen LogP contribution is 2.20. The maximum absolute atomic E-state index is 12.4. The number of amides is 1. The van der Waals surface area contributed by atoms with Crippen molar-refractivity contribution in [3.8, 4) is 11.5 Å². The molecule has 8 heteroatoms. The molecule has 0 bridgehead atoms. The molecule has 0 radical (unpaired) electrons. The molecule has 7 nitrogen and oxygen atoms in total. The summed E-state index contributed by atoms with van der Waals surface area (Å²) in [5, 5.41) is 2.66. The number of hydrogen-bond acceptors (Lipinski definition) is 5. The maximum Gasteiger partial charge on any atom is 0.262 e. The summed E-state index contributed by atoms with van der Waals surface area (Å²) in [6.45, 7) is -0.192. The summed E-state index contributed by atoms with van der Waals surface area (Å²) in [5.41, 5.74) is 0.933. The smallest absolute Gasteiger partial charge is 0.262 e. The van der Waals surface area contributed by atoms with Crippen LogP contribution < -0.4 is 19.5 Å². The second kappa shape index (κ2) is 9.11. The van der Waals surface area contributed by atoms with Gasteiger partial charge in [-0.15, -0.1) is 0 Å². The third-order valence-electron chi connectivity index (χ3n) is 3.89. The number of sulfonamides is 1. The molecule has 0 saturated heterocycles. The Morgan fingerprint density at radius 3 is 2.24 bits per heavy atom. The summed E-state index contributed by atoms with van der Waals surface area (Å²) in [6.07, 6.45) is 0. The van der Waals surface area contributed by atoms with E-state index in [0.717, 1.165) is 0 Å². The molecule has 0 aliphatic heterocycles. The topological polar surface area (TPSA) is 93.7 Å². The van der Waals surface area contributed by atoms with Crippen LogP contribution in [0.15, 0.2) is 83.8 Å². The monoisotopic (exact) mass is 412 g/mol. The van der Waals surface area contributed by atoms with Crippen LogP contribution in [0, 0.1) is 0 Å². The number of para-hydroxylation sites is 1. The zero-order valence-corrected chi connectivity index (χ0v) is 16.5. The van der Waals surface area contributed by atoms with Gasteiger partial charge in [0, 0.05) is 17.4 Å². The van der Waals surface area contributed by atoms with Crippen molar-refractivity contribution >= 4 is 27.3 Å². The van der Waals surface area contributed by atoms with Gasteiger partial charge < -0.3 is 14.8 Å². The van der Waals surface area contributed by atoms with Crippen molar-refractivity contribution in [1.82, 2.24) is 0 Å². The van der Waals surface area contributed by atoms with Crippen LogP contribution in [0.2, 0.25) is 0 Å². The van der Waals surface area contributed by atoms with E-state index in [1.54, 1.807) is 61.7 Å². The summed E-state index contributed by atoms with van der Waals surface area (Å²) >= 11 is 0. The van der Waals surface area contributed by atoms with Gasteiger partial charge >= 0.3 is 0 Å². The predicted molar refractivity (Wildman–Crippen MR) is 111 cm³/mol. The zero-order chi connectivity index (χ0) is 20.7. The van der Waals surface area contributed by atoms with Crippen molar-refractivity contribution in [3.05, 3.63) is 78.9 Å². The van der Waals surface area contributed by atoms with Gasteiger partial charge in [0.05, 0.1) is 12.0 Å². The van der Waals surface area contributed by atoms with E-state index in [1.165, 1.54) is 24.3 Å². The third-order valence-corrected chi connectivity index (χ3v) is 5.28. The van der Waals surface area contributed by atoms with Gasteiger partial charge in [-0.25, -0.2) is 8.42 Å². The first kappa shape index (κ1) is 20.2. The van der Waals surface area contributed by atoms with Gasteiger partial charge in [0.1, 0.15) is 11.5 Å². The number of carbonyl (C=O) groups is 1. The Bertz CT molecular complexity index is 1070. The number of nitrogens with one attached hydrogen (secondary N) is 2. The van der Waals surface area contributed by atoms with Crippen molar-refractivity contribution in [2.45, 2.75) is 4.90 Å². The number of anilines is 2. The van der Waals surface area contributed by atoms with E-state index in [1.807, 2.05) is 0 Å². The van der Waals surface area contributed by atoms with Crippen LogP contribution in [0.5, 0.6) is 11.5 Å². The van der Waals surface area contributed by atoms with Crippen molar-refractivity contribution in [2.24, 2.45) is 0 Å². The highest BCUT2D eigenvalue weighted by Gasteiger charge is 2.14. The number of rotatable bonds is 8. The number of methoxy groups -OCH3 is 1. The molecular formula is C21H20N2O5S. The molecule has 0 aromatic heterocycles. The molecule has 0 spiro atoms. The fourth-order valence-corrected chi connectivity index (χ4v) is 3.53. The quantitative estimate of drug-likeness (QED) is 0.591. The SMILES string of the molecule is COc1cccc(OCC(=O)Nc2ccc(S(=O)(=O)Nc3ccccc3)cc2)c1. The second-order valence-electron chi connectivity index (χ2n) is 6.01. The first-order chi connectivity index (χ1) is 14.0. The normalized spacial score (nSPS) is 10.8. The fraction of sp³-hybridized carbons (Fsp3) is 0.0952. The van der Waals surface area contributed by atoms with Gasteiger partial charge in [0.2, 0.25) is 0 Å². The van der Waals surface area contributed by atoms with Crippen molar-refractivity contribution in [3.63, 3.8) is 0 Å². The summed E-state index contributed by atoms with van der Waals surface area (Å²) in [7, 11) is -2.16. The first-order valence-electron chi connectivity index (χ1n) is 8.71. The van der Waals surface area contributed by atoms with Crippen LogP contribution in [0.4, 0.5) is 11.4 Å². The summed E-state index contributed by atoms with van der Waals surface area (Å²) in [6, 6.07) is 21.4. The second-order valence-corrected chi connectivity index (χ2v) is 7.69. The molecule has 0 heterocycles. The number of ether oxygens (including phenoxy) is 2. The highest BCUT2D eigenvalue weighted by molar-refractivity contribution is 7.92. The third kappa shape index (κ3) is 5.73. The molecule has 0 atom stereocenters. The van der Waals surface area contributed by atoms with E-state index < -0.39 is 10.0 Å². The van der Waals surface area contributed by atoms with Crippen molar-refractivity contribution in [2.75, 3.05) is 23.8 Å². The van der Waals surface area contributed by atoms with E-state index in [-0.39, 0.29) is 17.4 Å². The number of benzene rings is 3. The maximum atomic E-state index is 12.4. The van der Waals surface area contributed by atoms with Gasteiger partial charge in [0.15, 0.2) is 6.61 Å². The predicted octanol–water partition coefficient (Wildman–Crippen LogP) is 3.51. The van der Waals surface area contributed by atoms with Crippen LogP contribution in [0.1, 0.15) is 0 Å². The standard InChI is InChI=1S/C21H20N2O5S/c1-27-18-8-5-9-19(14-18)28-15-21(24)22-16-10-12-20(13-11-16)29(25,26)23-17-6-3-2-4-7-17/h2-14,23H,15H2,1H3,(H,22,24). The van der Waals surface area contributed by atoms with E-state index in [9.17, 15) is 13.2 Å². The van der Waals surface area contributed by atoms with Gasteiger partial charge in [-0.05, 0) is 48.5 Å². The Morgan fingerprint density at radius 1 is 0.862 bits per heavy atom. The van der Waals surface area contributed by atoms with Gasteiger partial charge in [-0.3, -0.25) is 9.52 Å². The minimum atomic E-state index is -3.71. The lowest BCUT2D eigenvalue weighted by molar-refractivity contribution is -0.118. The van der Waals surface area contributed by atoms with E-state index in [2.05, 4.69) is 10.0 Å². The fourth-order valence-electron chi connectivity index (χ4n) is 2.47. The van der Waals surface area contributed by atoms with E-state index >= 15 is 0 Å². The average molecular weight is 412 g/mol. The number of carbonyl (C=O) groups excluding carboxylic acids is 1. The first-order valence-corrected chi connectivity index (χ1v) is 10.2. The van der Waals surface area contributed by atoms with Crippen LogP contribution >= 0.6 is 0 Å². The Kier molecular flexibility index (Phi) is 6.36. The molecule has 29 heavy (non-hydrogen) atoms. The lowest BCUT2D eigenvalue weighted by Crippen LogP contribution is -2.20. The van der Waals surface area contributed by atoms with Crippen LogP contribution in [-0.2, 0) is 14.8 Å². The van der Waals surface area contributed by atoms with Gasteiger partial charge in [0.25, 0.3) is 15.9 Å². The molecule has 0 fully saturated rings. The summed E-state index contributed by atoms with van der Waals surface area (Å²) in [5.74, 6) is 0.766. The largest absolute Gasteiger partial charge is 0.497 e. The molecule has 0 unspecified atom stereocenters. The summed E-state index contributed by atoms with van der Waals surface area (Å²) < 4.78 is 37.9. The molecule has 0 aliphatic carbocycles. The molecular weight excluding hydrogens is 392 g/mol.